The molecule has 1 atom stereocenters. The molecule has 0 bridgehead atoms. The van der Waals surface area contributed by atoms with Crippen molar-refractivity contribution in [1.29, 1.82) is 0 Å². The summed E-state index contributed by atoms with van der Waals surface area (Å²) >= 11 is 0. The fraction of sp³-hybridized carbons (Fsp3) is 0.357. The molecule has 7 nitrogen and oxygen atoms in total. The van der Waals surface area contributed by atoms with Gasteiger partial charge in [-0.15, -0.1) is 0 Å². The molecule has 1 unspecified atom stereocenters. The number of benzene rings is 1. The second-order valence-corrected chi connectivity index (χ2v) is 4.81. The molecule has 114 valence electrons. The average Bonchev–Trinajstić information content (AvgIpc) is 2.42. The van der Waals surface area contributed by atoms with Crippen LogP contribution in [-0.2, 0) is 9.59 Å². The summed E-state index contributed by atoms with van der Waals surface area (Å²) < 4.78 is 5.06. The van der Waals surface area contributed by atoms with Crippen molar-refractivity contribution < 1.29 is 24.2 Å². The lowest BCUT2D eigenvalue weighted by Crippen LogP contribution is -2.44. The zero-order valence-corrected chi connectivity index (χ0v) is 11.8. The number of nitrogens with one attached hydrogen (secondary N) is 1. The van der Waals surface area contributed by atoms with Crippen LogP contribution in [0.3, 0.4) is 0 Å². The largest absolute Gasteiger partial charge is 0.484 e. The molecule has 7 heteroatoms. The first-order chi connectivity index (χ1) is 9.81. The number of hydrogen-bond acceptors (Lipinski definition) is 4. The molecule has 0 aromatic heterocycles. The molecule has 0 saturated carbocycles. The number of amides is 2. The van der Waals surface area contributed by atoms with E-state index < -0.39 is 23.8 Å². The van der Waals surface area contributed by atoms with Crippen LogP contribution in [0.5, 0.6) is 5.75 Å². The third kappa shape index (κ3) is 5.13. The van der Waals surface area contributed by atoms with Gasteiger partial charge in [-0.05, 0) is 30.2 Å². The summed E-state index contributed by atoms with van der Waals surface area (Å²) in [5.41, 5.74) is 5.25. The van der Waals surface area contributed by atoms with Crippen molar-refractivity contribution in [3.05, 3.63) is 29.8 Å². The minimum absolute atomic E-state index is 0.232. The van der Waals surface area contributed by atoms with Gasteiger partial charge in [-0.25, -0.2) is 4.79 Å². The van der Waals surface area contributed by atoms with Crippen molar-refractivity contribution in [3.63, 3.8) is 0 Å². The zero-order chi connectivity index (χ0) is 16.0. The van der Waals surface area contributed by atoms with Gasteiger partial charge in [0.15, 0.2) is 6.61 Å². The quantitative estimate of drug-likeness (QED) is 0.672. The van der Waals surface area contributed by atoms with E-state index in [1.807, 2.05) is 0 Å². The Hall–Kier alpha value is -2.57. The van der Waals surface area contributed by atoms with Crippen molar-refractivity contribution >= 4 is 17.8 Å². The van der Waals surface area contributed by atoms with Crippen molar-refractivity contribution in [2.45, 2.75) is 19.9 Å². The number of carboxylic acids is 1. The van der Waals surface area contributed by atoms with Gasteiger partial charge < -0.3 is 20.9 Å². The van der Waals surface area contributed by atoms with Crippen LogP contribution in [0.2, 0.25) is 0 Å². The van der Waals surface area contributed by atoms with Crippen LogP contribution in [0, 0.1) is 5.92 Å². The molecule has 0 radical (unpaired) electrons. The summed E-state index contributed by atoms with van der Waals surface area (Å²) in [7, 11) is 0. The summed E-state index contributed by atoms with van der Waals surface area (Å²) in [6, 6.07) is 5.00. The van der Waals surface area contributed by atoms with Gasteiger partial charge in [-0.3, -0.25) is 9.59 Å². The van der Waals surface area contributed by atoms with Crippen LogP contribution in [0.4, 0.5) is 0 Å². The molecule has 1 aromatic carbocycles. The number of carboxylic acid groups (broad SMARTS) is 1. The van der Waals surface area contributed by atoms with E-state index in [0.29, 0.717) is 11.3 Å². The molecule has 0 aliphatic rings. The number of rotatable bonds is 7. The molecular formula is C14H18N2O5. The number of hydrogen-bond donors (Lipinski definition) is 3. The SMILES string of the molecule is CC(C)C(NC(=O)c1ccc(OCC(N)=O)cc1)C(=O)O. The molecule has 0 aliphatic carbocycles. The van der Waals surface area contributed by atoms with Crippen LogP contribution in [0.1, 0.15) is 24.2 Å². The number of ether oxygens (including phenoxy) is 1. The number of nitrogens with two attached hydrogens (primary N) is 1. The number of primary amides is 1. The van der Waals surface area contributed by atoms with Gasteiger partial charge in [-0.1, -0.05) is 13.8 Å². The summed E-state index contributed by atoms with van der Waals surface area (Å²) in [6.45, 7) is 3.17. The normalized spacial score (nSPS) is 11.8. The lowest BCUT2D eigenvalue weighted by molar-refractivity contribution is -0.140. The van der Waals surface area contributed by atoms with Crippen molar-refractivity contribution in [1.82, 2.24) is 5.32 Å². The second kappa shape index (κ2) is 7.28. The van der Waals surface area contributed by atoms with Gasteiger partial charge in [0.1, 0.15) is 11.8 Å². The maximum Gasteiger partial charge on any atom is 0.326 e. The average molecular weight is 294 g/mol. The predicted octanol–water partition coefficient (Wildman–Crippen LogP) is 0.390. The molecule has 0 heterocycles. The molecule has 0 spiro atoms. The van der Waals surface area contributed by atoms with Gasteiger partial charge in [0, 0.05) is 5.56 Å². The van der Waals surface area contributed by atoms with Gasteiger partial charge in [0.05, 0.1) is 0 Å². The monoisotopic (exact) mass is 294 g/mol. The summed E-state index contributed by atoms with van der Waals surface area (Å²) in [4.78, 5) is 33.6. The summed E-state index contributed by atoms with van der Waals surface area (Å²) in [5.74, 6) is -2.01. The van der Waals surface area contributed by atoms with Crippen LogP contribution < -0.4 is 15.8 Å². The van der Waals surface area contributed by atoms with Crippen molar-refractivity contribution in [2.24, 2.45) is 11.7 Å². The Morgan fingerprint density at radius 3 is 2.24 bits per heavy atom. The van der Waals surface area contributed by atoms with E-state index in [0.717, 1.165) is 0 Å². The second-order valence-electron chi connectivity index (χ2n) is 4.81. The Balaban J connectivity index is 2.70. The molecule has 0 fully saturated rings. The fourth-order valence-corrected chi connectivity index (χ4v) is 1.60. The van der Waals surface area contributed by atoms with Crippen molar-refractivity contribution in [2.75, 3.05) is 6.61 Å². The van der Waals surface area contributed by atoms with Crippen molar-refractivity contribution in [3.8, 4) is 5.75 Å². The summed E-state index contributed by atoms with van der Waals surface area (Å²) in [6.07, 6.45) is 0. The molecule has 2 amide bonds. The number of carbonyl (C=O) groups excluding carboxylic acids is 2. The first kappa shape index (κ1) is 16.5. The van der Waals surface area contributed by atoms with Crippen LogP contribution in [0.15, 0.2) is 24.3 Å². The van der Waals surface area contributed by atoms with E-state index in [9.17, 15) is 14.4 Å². The molecule has 4 N–H and O–H groups in total. The van der Waals surface area contributed by atoms with Crippen LogP contribution in [0.25, 0.3) is 0 Å². The van der Waals surface area contributed by atoms with E-state index in [-0.39, 0.29) is 12.5 Å². The highest BCUT2D eigenvalue weighted by atomic mass is 16.5. The first-order valence-electron chi connectivity index (χ1n) is 6.36. The highest BCUT2D eigenvalue weighted by Gasteiger charge is 2.23. The lowest BCUT2D eigenvalue weighted by atomic mass is 10.0. The first-order valence-corrected chi connectivity index (χ1v) is 6.36. The van der Waals surface area contributed by atoms with E-state index in [2.05, 4.69) is 5.32 Å². The Kier molecular flexibility index (Phi) is 5.71. The molecule has 0 aliphatic heterocycles. The molecule has 0 saturated heterocycles. The summed E-state index contributed by atoms with van der Waals surface area (Å²) in [5, 5.41) is 11.5. The fourth-order valence-electron chi connectivity index (χ4n) is 1.60. The van der Waals surface area contributed by atoms with Gasteiger partial charge in [0.2, 0.25) is 0 Å². The Bertz CT molecular complexity index is 525. The van der Waals surface area contributed by atoms with Crippen LogP contribution >= 0.6 is 0 Å². The van der Waals surface area contributed by atoms with Gasteiger partial charge >= 0.3 is 5.97 Å². The topological polar surface area (TPSA) is 119 Å². The Morgan fingerprint density at radius 1 is 1.24 bits per heavy atom. The number of aliphatic carboxylic acids is 1. The van der Waals surface area contributed by atoms with Gasteiger partial charge in [0.25, 0.3) is 11.8 Å². The maximum absolute atomic E-state index is 12.0. The zero-order valence-electron chi connectivity index (χ0n) is 11.8. The highest BCUT2D eigenvalue weighted by molar-refractivity contribution is 5.96. The third-order valence-corrected chi connectivity index (χ3v) is 2.72. The predicted molar refractivity (Wildman–Crippen MR) is 74.9 cm³/mol. The molecule has 21 heavy (non-hydrogen) atoms. The van der Waals surface area contributed by atoms with E-state index in [1.165, 1.54) is 24.3 Å². The van der Waals surface area contributed by atoms with E-state index >= 15 is 0 Å². The van der Waals surface area contributed by atoms with Crippen LogP contribution in [-0.4, -0.2) is 35.5 Å². The smallest absolute Gasteiger partial charge is 0.326 e. The number of carbonyl (C=O) groups is 3. The van der Waals surface area contributed by atoms with E-state index in [1.54, 1.807) is 13.8 Å². The third-order valence-electron chi connectivity index (χ3n) is 2.72. The van der Waals surface area contributed by atoms with E-state index in [4.69, 9.17) is 15.6 Å². The lowest BCUT2D eigenvalue weighted by Gasteiger charge is -2.17. The van der Waals surface area contributed by atoms with Gasteiger partial charge in [-0.2, -0.15) is 0 Å². The standard InChI is InChI=1S/C14H18N2O5/c1-8(2)12(14(19)20)16-13(18)9-3-5-10(6-4-9)21-7-11(15)17/h3-6,8,12H,7H2,1-2H3,(H2,15,17)(H,16,18)(H,19,20). The highest BCUT2D eigenvalue weighted by Crippen LogP contribution is 2.12. The molecule has 1 aromatic rings. The minimum Gasteiger partial charge on any atom is -0.484 e. The Labute approximate surface area is 122 Å². The Morgan fingerprint density at radius 2 is 1.81 bits per heavy atom. The maximum atomic E-state index is 12.0. The minimum atomic E-state index is -1.08. The molecule has 1 rings (SSSR count). The molecular weight excluding hydrogens is 276 g/mol.